The minimum atomic E-state index is -0.912. The summed E-state index contributed by atoms with van der Waals surface area (Å²) in [5, 5.41) is 8.79. The number of aromatic nitrogens is 4. The van der Waals surface area contributed by atoms with Gasteiger partial charge in [0.05, 0.1) is 19.3 Å². The third kappa shape index (κ3) is 4.89. The molecule has 2 aromatic heterocycles. The molecular weight excluding hydrogens is 405 g/mol. The van der Waals surface area contributed by atoms with Crippen LogP contribution in [0.3, 0.4) is 0 Å². The maximum Gasteiger partial charge on any atom is 0.131 e. The van der Waals surface area contributed by atoms with Crippen LogP contribution < -0.4 is 0 Å². The molecule has 0 bridgehead atoms. The number of piperidine rings is 1. The van der Waals surface area contributed by atoms with Crippen LogP contribution in [-0.2, 0) is 17.9 Å². The molecule has 6 nitrogen and oxygen atoms in total. The largest absolute Gasteiger partial charge is 0.373 e. The SMILES string of the molecule is F[C@H](CN1CCC(OCc2ccccc2)CC1)Cn1ccc2cc(-n3cnnc3)ccc21. The maximum absolute atomic E-state index is 14.9. The highest BCUT2D eigenvalue weighted by atomic mass is 19.1. The van der Waals surface area contributed by atoms with E-state index >= 15 is 0 Å². The average molecular weight is 434 g/mol. The molecule has 0 spiro atoms. The number of fused-ring (bicyclic) bond motifs is 1. The summed E-state index contributed by atoms with van der Waals surface area (Å²) in [6.45, 7) is 3.24. The molecule has 0 radical (unpaired) electrons. The molecule has 0 amide bonds. The number of hydrogen-bond acceptors (Lipinski definition) is 4. The van der Waals surface area contributed by atoms with Gasteiger partial charge in [0.15, 0.2) is 0 Å². The molecule has 32 heavy (non-hydrogen) atoms. The van der Waals surface area contributed by atoms with E-state index in [0.29, 0.717) is 19.7 Å². The molecule has 4 aromatic rings. The van der Waals surface area contributed by atoms with Crippen molar-refractivity contribution in [1.29, 1.82) is 0 Å². The summed E-state index contributed by atoms with van der Waals surface area (Å²) in [6.07, 6.45) is 6.58. The minimum Gasteiger partial charge on any atom is -0.373 e. The Labute approximate surface area is 187 Å². The Morgan fingerprint density at radius 1 is 0.969 bits per heavy atom. The van der Waals surface area contributed by atoms with E-state index in [1.165, 1.54) is 5.56 Å². The number of hydrogen-bond donors (Lipinski definition) is 0. The number of benzene rings is 2. The van der Waals surface area contributed by atoms with Crippen LogP contribution in [0.15, 0.2) is 73.4 Å². The van der Waals surface area contributed by atoms with Crippen LogP contribution in [0.5, 0.6) is 0 Å². The Morgan fingerprint density at radius 3 is 2.53 bits per heavy atom. The summed E-state index contributed by atoms with van der Waals surface area (Å²) in [6, 6.07) is 18.4. The zero-order valence-corrected chi connectivity index (χ0v) is 18.1. The maximum atomic E-state index is 14.9. The van der Waals surface area contributed by atoms with Crippen molar-refractivity contribution in [2.45, 2.75) is 38.3 Å². The van der Waals surface area contributed by atoms with E-state index in [-0.39, 0.29) is 6.10 Å². The van der Waals surface area contributed by atoms with Crippen LogP contribution >= 0.6 is 0 Å². The van der Waals surface area contributed by atoms with Crippen LogP contribution in [0.2, 0.25) is 0 Å². The first-order chi connectivity index (χ1) is 15.7. The normalized spacial score (nSPS) is 16.5. The molecule has 3 heterocycles. The van der Waals surface area contributed by atoms with Gasteiger partial charge in [0.1, 0.15) is 18.8 Å². The summed E-state index contributed by atoms with van der Waals surface area (Å²) in [4.78, 5) is 2.23. The molecule has 0 unspecified atom stereocenters. The number of likely N-dealkylation sites (tertiary alicyclic amines) is 1. The number of ether oxygens (including phenoxy) is 1. The number of nitrogens with zero attached hydrogens (tertiary/aromatic N) is 5. The van der Waals surface area contributed by atoms with Gasteiger partial charge in [0, 0.05) is 42.4 Å². The fourth-order valence-electron chi connectivity index (χ4n) is 4.44. The Bertz CT molecular complexity index is 1120. The second-order valence-corrected chi connectivity index (χ2v) is 8.47. The summed E-state index contributed by atoms with van der Waals surface area (Å²) in [5.74, 6) is 0. The average Bonchev–Trinajstić information content (AvgIpc) is 3.50. The van der Waals surface area contributed by atoms with Gasteiger partial charge in [0.25, 0.3) is 0 Å². The Hall–Kier alpha value is -3.03. The van der Waals surface area contributed by atoms with Gasteiger partial charge < -0.3 is 14.2 Å². The second kappa shape index (κ2) is 9.63. The molecule has 0 saturated carbocycles. The Morgan fingerprint density at radius 2 is 1.75 bits per heavy atom. The van der Waals surface area contributed by atoms with E-state index in [1.807, 2.05) is 51.7 Å². The van der Waals surface area contributed by atoms with Crippen molar-refractivity contribution < 1.29 is 9.13 Å². The highest BCUT2D eigenvalue weighted by Gasteiger charge is 2.22. The fraction of sp³-hybridized carbons (Fsp3) is 0.360. The third-order valence-electron chi connectivity index (χ3n) is 6.19. The monoisotopic (exact) mass is 433 g/mol. The predicted octanol–water partition coefficient (Wildman–Crippen LogP) is 4.24. The minimum absolute atomic E-state index is 0.262. The van der Waals surface area contributed by atoms with Crippen molar-refractivity contribution in [2.75, 3.05) is 19.6 Å². The van der Waals surface area contributed by atoms with E-state index < -0.39 is 6.17 Å². The van der Waals surface area contributed by atoms with Crippen molar-refractivity contribution in [1.82, 2.24) is 24.2 Å². The molecule has 1 atom stereocenters. The van der Waals surface area contributed by atoms with E-state index in [0.717, 1.165) is 42.5 Å². The number of alkyl halides is 1. The van der Waals surface area contributed by atoms with Gasteiger partial charge in [-0.05, 0) is 42.7 Å². The first kappa shape index (κ1) is 20.8. The predicted molar refractivity (Wildman–Crippen MR) is 122 cm³/mol. The molecule has 1 fully saturated rings. The summed E-state index contributed by atoms with van der Waals surface area (Å²) >= 11 is 0. The van der Waals surface area contributed by atoms with Crippen molar-refractivity contribution in [3.05, 3.63) is 79.0 Å². The quantitative estimate of drug-likeness (QED) is 0.417. The smallest absolute Gasteiger partial charge is 0.131 e. The summed E-state index contributed by atoms with van der Waals surface area (Å²) in [5.41, 5.74) is 3.23. The first-order valence-electron chi connectivity index (χ1n) is 11.2. The Kier molecular flexibility index (Phi) is 6.27. The topological polar surface area (TPSA) is 48.1 Å². The molecule has 1 aliphatic rings. The van der Waals surface area contributed by atoms with Crippen molar-refractivity contribution in [3.63, 3.8) is 0 Å². The lowest BCUT2D eigenvalue weighted by Gasteiger charge is -2.32. The lowest BCUT2D eigenvalue weighted by molar-refractivity contribution is -0.00674. The van der Waals surface area contributed by atoms with E-state index in [4.69, 9.17) is 4.74 Å². The van der Waals surface area contributed by atoms with Crippen LogP contribution in [0.1, 0.15) is 18.4 Å². The van der Waals surface area contributed by atoms with Gasteiger partial charge in [-0.25, -0.2) is 4.39 Å². The number of rotatable bonds is 8. The van der Waals surface area contributed by atoms with E-state index in [2.05, 4.69) is 33.3 Å². The molecule has 1 saturated heterocycles. The lowest BCUT2D eigenvalue weighted by Crippen LogP contribution is -2.41. The van der Waals surface area contributed by atoms with Crippen molar-refractivity contribution in [2.24, 2.45) is 0 Å². The van der Waals surface area contributed by atoms with Gasteiger partial charge in [0.2, 0.25) is 0 Å². The molecule has 7 heteroatoms. The van der Waals surface area contributed by atoms with Crippen molar-refractivity contribution in [3.8, 4) is 5.69 Å². The summed E-state index contributed by atoms with van der Waals surface area (Å²) < 4.78 is 24.9. The van der Waals surface area contributed by atoms with Crippen LogP contribution in [0.4, 0.5) is 4.39 Å². The van der Waals surface area contributed by atoms with Crippen LogP contribution in [0, 0.1) is 0 Å². The highest BCUT2D eigenvalue weighted by molar-refractivity contribution is 5.82. The van der Waals surface area contributed by atoms with Gasteiger partial charge in [-0.15, -0.1) is 10.2 Å². The zero-order valence-electron chi connectivity index (χ0n) is 18.1. The molecule has 2 aromatic carbocycles. The van der Waals surface area contributed by atoms with Gasteiger partial charge in [-0.2, -0.15) is 0 Å². The van der Waals surface area contributed by atoms with E-state index in [9.17, 15) is 4.39 Å². The Balaban J connectivity index is 1.11. The highest BCUT2D eigenvalue weighted by Crippen LogP contribution is 2.21. The van der Waals surface area contributed by atoms with Crippen LogP contribution in [-0.4, -0.2) is 56.1 Å². The first-order valence-corrected chi connectivity index (χ1v) is 11.2. The summed E-state index contributed by atoms with van der Waals surface area (Å²) in [7, 11) is 0. The standard InChI is InChI=1S/C25H28FN5O/c26-22(15-29-11-9-24(10-12-29)32-17-20-4-2-1-3-5-20)16-30-13-8-21-14-23(6-7-25(21)30)31-18-27-28-19-31/h1-8,13-14,18-19,22,24H,9-12,15-17H2/t22-/m1/s1. The van der Waals surface area contributed by atoms with Crippen molar-refractivity contribution >= 4 is 10.9 Å². The molecule has 5 rings (SSSR count). The van der Waals surface area contributed by atoms with E-state index in [1.54, 1.807) is 12.7 Å². The number of halogens is 1. The molecule has 166 valence electrons. The van der Waals surface area contributed by atoms with Gasteiger partial charge in [-0.3, -0.25) is 4.57 Å². The molecule has 1 aliphatic heterocycles. The van der Waals surface area contributed by atoms with Crippen LogP contribution in [0.25, 0.3) is 16.6 Å². The zero-order chi connectivity index (χ0) is 21.8. The molecule has 0 aliphatic carbocycles. The molecule has 0 N–H and O–H groups in total. The lowest BCUT2D eigenvalue weighted by atomic mass is 10.1. The van der Waals surface area contributed by atoms with Gasteiger partial charge in [-0.1, -0.05) is 30.3 Å². The third-order valence-corrected chi connectivity index (χ3v) is 6.19. The molecular formula is C25H28FN5O. The second-order valence-electron chi connectivity index (χ2n) is 8.47. The fourth-order valence-corrected chi connectivity index (χ4v) is 4.44. The van der Waals surface area contributed by atoms with Gasteiger partial charge >= 0.3 is 0 Å².